The van der Waals surface area contributed by atoms with E-state index in [1.54, 1.807) is 6.07 Å². The van der Waals surface area contributed by atoms with Gasteiger partial charge in [-0.3, -0.25) is 9.36 Å². The van der Waals surface area contributed by atoms with Gasteiger partial charge < -0.3 is 9.52 Å². The molecule has 26 heavy (non-hydrogen) atoms. The lowest BCUT2D eigenvalue weighted by atomic mass is 10.0. The average Bonchev–Trinajstić information content (AvgIpc) is 2.62. The second-order valence-corrected chi connectivity index (χ2v) is 6.01. The summed E-state index contributed by atoms with van der Waals surface area (Å²) in [6, 6.07) is 19.3. The van der Waals surface area contributed by atoms with Gasteiger partial charge in [-0.25, -0.2) is 4.79 Å². The van der Waals surface area contributed by atoms with Crippen LogP contribution in [-0.4, -0.2) is 9.67 Å². The number of benzene rings is 2. The molecule has 5 heteroatoms. The third kappa shape index (κ3) is 2.50. The summed E-state index contributed by atoms with van der Waals surface area (Å²) in [6.45, 7) is 1.94. The highest BCUT2D eigenvalue weighted by Gasteiger charge is 2.18. The Bertz CT molecular complexity index is 1240. The summed E-state index contributed by atoms with van der Waals surface area (Å²) in [5.41, 5.74) is 1.95. The number of rotatable bonds is 2. The molecule has 0 saturated carbocycles. The first-order valence-electron chi connectivity index (χ1n) is 8.10. The molecule has 128 valence electrons. The molecule has 2 aromatic carbocycles. The Balaban J connectivity index is 2.21. The van der Waals surface area contributed by atoms with Crippen molar-refractivity contribution in [1.29, 1.82) is 0 Å². The van der Waals surface area contributed by atoms with Crippen LogP contribution < -0.4 is 11.2 Å². The zero-order chi connectivity index (χ0) is 18.3. The van der Waals surface area contributed by atoms with Gasteiger partial charge in [-0.05, 0) is 24.6 Å². The topological polar surface area (TPSA) is 72.4 Å². The molecule has 0 aliphatic carbocycles. The largest absolute Gasteiger partial charge is 0.507 e. The van der Waals surface area contributed by atoms with E-state index in [-0.39, 0.29) is 16.7 Å². The number of aromatic nitrogens is 1. The van der Waals surface area contributed by atoms with Crippen molar-refractivity contribution >= 4 is 11.0 Å². The molecule has 0 atom stereocenters. The maximum atomic E-state index is 13.2. The van der Waals surface area contributed by atoms with Gasteiger partial charge in [-0.2, -0.15) is 0 Å². The summed E-state index contributed by atoms with van der Waals surface area (Å²) in [4.78, 5) is 24.9. The number of para-hydroxylation sites is 1. The number of aromatic hydroxyl groups is 1. The number of fused-ring (bicyclic) bond motifs is 1. The molecule has 0 radical (unpaired) electrons. The van der Waals surface area contributed by atoms with E-state index in [1.165, 1.54) is 4.57 Å². The molecule has 1 N–H and O–H groups in total. The second kappa shape index (κ2) is 6.04. The highest BCUT2D eigenvalue weighted by atomic mass is 16.4. The van der Waals surface area contributed by atoms with Crippen molar-refractivity contribution < 1.29 is 9.52 Å². The van der Waals surface area contributed by atoms with E-state index in [9.17, 15) is 14.7 Å². The zero-order valence-electron chi connectivity index (χ0n) is 14.0. The molecule has 5 nitrogen and oxygen atoms in total. The van der Waals surface area contributed by atoms with Crippen molar-refractivity contribution in [2.24, 2.45) is 0 Å². The Morgan fingerprint density at radius 2 is 1.62 bits per heavy atom. The van der Waals surface area contributed by atoms with Crippen molar-refractivity contribution in [2.75, 3.05) is 0 Å². The van der Waals surface area contributed by atoms with Gasteiger partial charge in [0.05, 0.1) is 11.8 Å². The van der Waals surface area contributed by atoms with E-state index < -0.39 is 11.2 Å². The van der Waals surface area contributed by atoms with Gasteiger partial charge in [0.1, 0.15) is 16.7 Å². The summed E-state index contributed by atoms with van der Waals surface area (Å²) in [6.07, 6.45) is 0. The normalized spacial score (nSPS) is 11.0. The zero-order valence-corrected chi connectivity index (χ0v) is 14.0. The van der Waals surface area contributed by atoms with Crippen LogP contribution in [0.25, 0.3) is 27.9 Å². The van der Waals surface area contributed by atoms with Crippen molar-refractivity contribution in [3.8, 4) is 22.7 Å². The van der Waals surface area contributed by atoms with Crippen LogP contribution >= 0.6 is 0 Å². The van der Waals surface area contributed by atoms with Gasteiger partial charge in [-0.15, -0.1) is 0 Å². The molecule has 0 aliphatic heterocycles. The predicted molar refractivity (Wildman–Crippen MR) is 99.9 cm³/mol. The lowest BCUT2D eigenvalue weighted by Crippen LogP contribution is -2.21. The summed E-state index contributed by atoms with van der Waals surface area (Å²) >= 11 is 0. The molecule has 0 aliphatic rings. The molecule has 0 amide bonds. The molecule has 0 bridgehead atoms. The molecule has 0 unspecified atom stereocenters. The second-order valence-electron chi connectivity index (χ2n) is 6.01. The minimum Gasteiger partial charge on any atom is -0.507 e. The standard InChI is InChI=1S/C21H15NO4/c1-13-7-5-6-10-15(13)16-11-18-20(17(23)12-19(24)26-18)21(25)22(16)14-8-3-2-4-9-14/h2-12,23H,1H3. The lowest BCUT2D eigenvalue weighted by molar-refractivity contribution is 0.467. The van der Waals surface area contributed by atoms with Crippen LogP contribution in [-0.2, 0) is 0 Å². The first kappa shape index (κ1) is 15.9. The molecular formula is C21H15NO4. The molecule has 0 saturated heterocycles. The van der Waals surface area contributed by atoms with Gasteiger partial charge in [0.25, 0.3) is 5.56 Å². The van der Waals surface area contributed by atoms with Crippen LogP contribution in [0.1, 0.15) is 5.56 Å². The SMILES string of the molecule is Cc1ccccc1-c1cc2oc(=O)cc(O)c2c(=O)n1-c1ccccc1. The van der Waals surface area contributed by atoms with E-state index in [0.29, 0.717) is 11.4 Å². The molecule has 4 aromatic rings. The maximum absolute atomic E-state index is 13.2. The van der Waals surface area contributed by atoms with Crippen molar-refractivity contribution in [3.63, 3.8) is 0 Å². The van der Waals surface area contributed by atoms with Crippen molar-refractivity contribution in [3.05, 3.63) is 93.1 Å². The lowest BCUT2D eigenvalue weighted by Gasteiger charge is -2.16. The highest BCUT2D eigenvalue weighted by Crippen LogP contribution is 2.29. The van der Waals surface area contributed by atoms with Crippen molar-refractivity contribution in [1.82, 2.24) is 4.57 Å². The average molecular weight is 345 g/mol. The minimum absolute atomic E-state index is 0.0224. The predicted octanol–water partition coefficient (Wildman–Crippen LogP) is 3.62. The third-order valence-corrected chi connectivity index (χ3v) is 4.33. The monoisotopic (exact) mass is 345 g/mol. The van der Waals surface area contributed by atoms with Gasteiger partial charge in [0.15, 0.2) is 0 Å². The Hall–Kier alpha value is -3.60. The number of hydrogen-bond acceptors (Lipinski definition) is 4. The quantitative estimate of drug-likeness (QED) is 0.602. The smallest absolute Gasteiger partial charge is 0.339 e. The van der Waals surface area contributed by atoms with Crippen LogP contribution in [0.2, 0.25) is 0 Å². The fourth-order valence-corrected chi connectivity index (χ4v) is 3.12. The fourth-order valence-electron chi connectivity index (χ4n) is 3.12. The number of pyridine rings is 1. The van der Waals surface area contributed by atoms with Crippen LogP contribution in [0.4, 0.5) is 0 Å². The molecule has 0 fully saturated rings. The Morgan fingerprint density at radius 1 is 0.923 bits per heavy atom. The van der Waals surface area contributed by atoms with Crippen LogP contribution in [0, 0.1) is 6.92 Å². The van der Waals surface area contributed by atoms with Crippen LogP contribution in [0.3, 0.4) is 0 Å². The third-order valence-electron chi connectivity index (χ3n) is 4.33. The van der Waals surface area contributed by atoms with Gasteiger partial charge in [0, 0.05) is 17.3 Å². The van der Waals surface area contributed by atoms with E-state index in [2.05, 4.69) is 0 Å². The molecule has 2 aromatic heterocycles. The van der Waals surface area contributed by atoms with Crippen LogP contribution in [0.15, 0.2) is 80.7 Å². The fraction of sp³-hybridized carbons (Fsp3) is 0.0476. The van der Waals surface area contributed by atoms with Gasteiger partial charge in [-0.1, -0.05) is 42.5 Å². The van der Waals surface area contributed by atoms with E-state index in [0.717, 1.165) is 17.2 Å². The Morgan fingerprint density at radius 3 is 2.35 bits per heavy atom. The number of nitrogens with zero attached hydrogens (tertiary/aromatic N) is 1. The summed E-state index contributed by atoms with van der Waals surface area (Å²) < 4.78 is 6.71. The van der Waals surface area contributed by atoms with E-state index >= 15 is 0 Å². The van der Waals surface area contributed by atoms with E-state index in [1.807, 2.05) is 61.5 Å². The maximum Gasteiger partial charge on any atom is 0.339 e. The molecule has 4 rings (SSSR count). The molecular weight excluding hydrogens is 330 g/mol. The first-order chi connectivity index (χ1) is 12.6. The van der Waals surface area contributed by atoms with Gasteiger partial charge in [0.2, 0.25) is 0 Å². The van der Waals surface area contributed by atoms with E-state index in [4.69, 9.17) is 4.42 Å². The first-order valence-corrected chi connectivity index (χ1v) is 8.10. The summed E-state index contributed by atoms with van der Waals surface area (Å²) in [5, 5.41) is 10.1. The Kier molecular flexibility index (Phi) is 3.69. The number of hydrogen-bond donors (Lipinski definition) is 1. The summed E-state index contributed by atoms with van der Waals surface area (Å²) in [7, 11) is 0. The van der Waals surface area contributed by atoms with Crippen molar-refractivity contribution in [2.45, 2.75) is 6.92 Å². The van der Waals surface area contributed by atoms with Crippen LogP contribution in [0.5, 0.6) is 5.75 Å². The minimum atomic E-state index is -0.706. The highest BCUT2D eigenvalue weighted by molar-refractivity contribution is 5.86. The van der Waals surface area contributed by atoms with Gasteiger partial charge >= 0.3 is 5.63 Å². The molecule has 2 heterocycles. The molecule has 0 spiro atoms. The summed E-state index contributed by atoms with van der Waals surface area (Å²) in [5.74, 6) is -0.387. The number of aryl methyl sites for hydroxylation is 1. The Labute approximate surface area is 148 Å².